The molecule has 1 amide bonds. The van der Waals surface area contributed by atoms with E-state index in [-0.39, 0.29) is 11.8 Å². The van der Waals surface area contributed by atoms with Crippen molar-refractivity contribution in [3.63, 3.8) is 0 Å². The molecule has 1 unspecified atom stereocenters. The molecule has 0 radical (unpaired) electrons. The van der Waals surface area contributed by atoms with Crippen LogP contribution >= 0.6 is 0 Å². The third-order valence-electron chi connectivity index (χ3n) is 1.98. The molecule has 2 N–H and O–H groups in total. The molecule has 0 heterocycles. The van der Waals surface area contributed by atoms with E-state index in [1.807, 2.05) is 6.92 Å². The molecule has 0 saturated carbocycles. The maximum atomic E-state index is 11.7. The van der Waals surface area contributed by atoms with Gasteiger partial charge in [-0.3, -0.25) is 4.79 Å². The van der Waals surface area contributed by atoms with Crippen molar-refractivity contribution in [2.24, 2.45) is 11.7 Å². The van der Waals surface area contributed by atoms with Crippen molar-refractivity contribution in [1.29, 1.82) is 0 Å². The first-order valence-electron chi connectivity index (χ1n) is 4.85. The Labute approximate surface area is 86.3 Å². The Morgan fingerprint density at radius 1 is 1.43 bits per heavy atom. The van der Waals surface area contributed by atoms with Crippen molar-refractivity contribution in [2.45, 2.75) is 13.3 Å². The summed E-state index contributed by atoms with van der Waals surface area (Å²) < 4.78 is 0. The minimum absolute atomic E-state index is 0.114. The SMILES string of the molecule is C=CCN(CC=C)C(=O)CC(C)CN. The van der Waals surface area contributed by atoms with Crippen LogP contribution < -0.4 is 5.73 Å². The zero-order chi connectivity index (χ0) is 11.0. The molecule has 1 atom stereocenters. The summed E-state index contributed by atoms with van der Waals surface area (Å²) in [6.07, 6.45) is 3.93. The van der Waals surface area contributed by atoms with E-state index in [0.717, 1.165) is 0 Å². The number of carbonyl (C=O) groups excluding carboxylic acids is 1. The molecule has 14 heavy (non-hydrogen) atoms. The summed E-state index contributed by atoms with van der Waals surface area (Å²) in [6.45, 7) is 10.9. The zero-order valence-electron chi connectivity index (χ0n) is 8.91. The molecule has 0 bridgehead atoms. The molecule has 80 valence electrons. The van der Waals surface area contributed by atoms with Crippen molar-refractivity contribution >= 4 is 5.91 Å². The van der Waals surface area contributed by atoms with Gasteiger partial charge in [-0.15, -0.1) is 13.2 Å². The van der Waals surface area contributed by atoms with Gasteiger partial charge in [-0.2, -0.15) is 0 Å². The Hall–Kier alpha value is -1.09. The number of nitrogens with zero attached hydrogens (tertiary/aromatic N) is 1. The summed E-state index contributed by atoms with van der Waals surface area (Å²) in [5.74, 6) is 0.349. The Bertz CT molecular complexity index is 191. The molecule has 3 nitrogen and oxygen atoms in total. The number of amides is 1. The number of rotatable bonds is 7. The average molecular weight is 196 g/mol. The van der Waals surface area contributed by atoms with E-state index >= 15 is 0 Å². The topological polar surface area (TPSA) is 46.3 Å². The van der Waals surface area contributed by atoms with Crippen molar-refractivity contribution in [1.82, 2.24) is 4.90 Å². The van der Waals surface area contributed by atoms with Crippen LogP contribution in [-0.4, -0.2) is 30.4 Å². The summed E-state index contributed by atoms with van der Waals surface area (Å²) in [4.78, 5) is 13.4. The van der Waals surface area contributed by atoms with Gasteiger partial charge in [0.25, 0.3) is 0 Å². The van der Waals surface area contributed by atoms with E-state index in [1.54, 1.807) is 17.1 Å². The van der Waals surface area contributed by atoms with Gasteiger partial charge in [0.1, 0.15) is 0 Å². The number of hydrogen-bond acceptors (Lipinski definition) is 2. The summed E-state index contributed by atoms with van der Waals surface area (Å²) >= 11 is 0. The molecule has 0 fully saturated rings. The van der Waals surface area contributed by atoms with Crippen LogP contribution in [0.2, 0.25) is 0 Å². The quantitative estimate of drug-likeness (QED) is 0.621. The summed E-state index contributed by atoms with van der Waals surface area (Å²) in [6, 6.07) is 0. The van der Waals surface area contributed by atoms with Gasteiger partial charge in [0.15, 0.2) is 0 Å². The van der Waals surface area contributed by atoms with E-state index in [1.165, 1.54) is 0 Å². The Morgan fingerprint density at radius 3 is 2.29 bits per heavy atom. The lowest BCUT2D eigenvalue weighted by molar-refractivity contribution is -0.131. The van der Waals surface area contributed by atoms with E-state index in [0.29, 0.717) is 26.1 Å². The molecule has 0 aromatic rings. The fourth-order valence-electron chi connectivity index (χ4n) is 1.10. The lowest BCUT2D eigenvalue weighted by atomic mass is 10.1. The first kappa shape index (κ1) is 12.9. The van der Waals surface area contributed by atoms with Crippen LogP contribution in [0.25, 0.3) is 0 Å². The smallest absolute Gasteiger partial charge is 0.223 e. The molecule has 0 aliphatic carbocycles. The zero-order valence-corrected chi connectivity index (χ0v) is 8.91. The van der Waals surface area contributed by atoms with Crippen LogP contribution in [0.4, 0.5) is 0 Å². The second-order valence-corrected chi connectivity index (χ2v) is 3.42. The number of carbonyl (C=O) groups is 1. The highest BCUT2D eigenvalue weighted by atomic mass is 16.2. The van der Waals surface area contributed by atoms with Crippen LogP contribution in [0, 0.1) is 5.92 Å². The van der Waals surface area contributed by atoms with Gasteiger partial charge in [0.05, 0.1) is 0 Å². The molecule has 0 spiro atoms. The predicted molar refractivity (Wildman–Crippen MR) is 59.8 cm³/mol. The fourth-order valence-corrected chi connectivity index (χ4v) is 1.10. The monoisotopic (exact) mass is 196 g/mol. The predicted octanol–water partition coefficient (Wildman–Crippen LogP) is 1.17. The Morgan fingerprint density at radius 2 is 1.93 bits per heavy atom. The van der Waals surface area contributed by atoms with Gasteiger partial charge >= 0.3 is 0 Å². The summed E-state index contributed by atoms with van der Waals surface area (Å²) in [5, 5.41) is 0. The van der Waals surface area contributed by atoms with Crippen LogP contribution in [0.1, 0.15) is 13.3 Å². The van der Waals surface area contributed by atoms with Crippen LogP contribution in [0.3, 0.4) is 0 Å². The van der Waals surface area contributed by atoms with Gasteiger partial charge in [0, 0.05) is 19.5 Å². The highest BCUT2D eigenvalue weighted by Crippen LogP contribution is 2.04. The van der Waals surface area contributed by atoms with E-state index in [9.17, 15) is 4.79 Å². The third kappa shape index (κ3) is 4.82. The summed E-state index contributed by atoms with van der Waals surface area (Å²) in [7, 11) is 0. The number of nitrogens with two attached hydrogens (primary N) is 1. The largest absolute Gasteiger partial charge is 0.335 e. The lowest BCUT2D eigenvalue weighted by Gasteiger charge is -2.20. The van der Waals surface area contributed by atoms with E-state index in [4.69, 9.17) is 5.73 Å². The van der Waals surface area contributed by atoms with Crippen molar-refractivity contribution in [2.75, 3.05) is 19.6 Å². The third-order valence-corrected chi connectivity index (χ3v) is 1.98. The van der Waals surface area contributed by atoms with Crippen LogP contribution in [0.5, 0.6) is 0 Å². The maximum Gasteiger partial charge on any atom is 0.223 e. The maximum absolute atomic E-state index is 11.7. The molecular formula is C11H20N2O. The van der Waals surface area contributed by atoms with Crippen LogP contribution in [0.15, 0.2) is 25.3 Å². The van der Waals surface area contributed by atoms with E-state index in [2.05, 4.69) is 13.2 Å². The number of hydrogen-bond donors (Lipinski definition) is 1. The highest BCUT2D eigenvalue weighted by Gasteiger charge is 2.13. The van der Waals surface area contributed by atoms with Gasteiger partial charge in [-0.25, -0.2) is 0 Å². The Kier molecular flexibility index (Phi) is 6.76. The molecule has 0 aliphatic rings. The molecule has 0 aromatic heterocycles. The second-order valence-electron chi connectivity index (χ2n) is 3.42. The molecule has 0 aliphatic heterocycles. The molecule has 0 rings (SSSR count). The standard InChI is InChI=1S/C11H20N2O/c1-4-6-13(7-5-2)11(14)8-10(3)9-12/h4-5,10H,1-2,6-9,12H2,3H3. The van der Waals surface area contributed by atoms with Gasteiger partial charge in [-0.1, -0.05) is 19.1 Å². The van der Waals surface area contributed by atoms with Crippen molar-refractivity contribution < 1.29 is 4.79 Å². The lowest BCUT2D eigenvalue weighted by Crippen LogP contribution is -2.33. The Balaban J connectivity index is 4.12. The molecule has 3 heteroatoms. The highest BCUT2D eigenvalue weighted by molar-refractivity contribution is 5.76. The van der Waals surface area contributed by atoms with Gasteiger partial charge in [-0.05, 0) is 12.5 Å². The average Bonchev–Trinajstić information content (AvgIpc) is 2.17. The van der Waals surface area contributed by atoms with E-state index < -0.39 is 0 Å². The minimum atomic E-state index is 0.114. The van der Waals surface area contributed by atoms with Gasteiger partial charge < -0.3 is 10.6 Å². The fraction of sp³-hybridized carbons (Fsp3) is 0.545. The molecule has 0 aromatic carbocycles. The second kappa shape index (κ2) is 7.33. The van der Waals surface area contributed by atoms with Crippen molar-refractivity contribution in [3.05, 3.63) is 25.3 Å². The minimum Gasteiger partial charge on any atom is -0.335 e. The van der Waals surface area contributed by atoms with Gasteiger partial charge in [0.2, 0.25) is 5.91 Å². The van der Waals surface area contributed by atoms with Crippen molar-refractivity contribution in [3.8, 4) is 0 Å². The molecule has 0 saturated heterocycles. The molecular weight excluding hydrogens is 176 g/mol. The first-order valence-corrected chi connectivity index (χ1v) is 4.85. The first-order chi connectivity index (χ1) is 6.65. The summed E-state index contributed by atoms with van der Waals surface area (Å²) in [5.41, 5.74) is 5.46. The van der Waals surface area contributed by atoms with Crippen LogP contribution in [-0.2, 0) is 4.79 Å². The normalized spacial score (nSPS) is 11.9.